The number of hydrogen-bond acceptors (Lipinski definition) is 7. The van der Waals surface area contributed by atoms with Crippen LogP contribution in [0.4, 0.5) is 10.1 Å². The Morgan fingerprint density at radius 3 is 2.27 bits per heavy atom. The van der Waals surface area contributed by atoms with Crippen LogP contribution in [0.1, 0.15) is 42.7 Å². The Bertz CT molecular complexity index is 1860. The van der Waals surface area contributed by atoms with Gasteiger partial charge in [-0.15, -0.1) is 0 Å². The fourth-order valence-electron chi connectivity index (χ4n) is 8.37. The molecule has 2 aliphatic heterocycles. The van der Waals surface area contributed by atoms with Gasteiger partial charge in [-0.25, -0.2) is 4.39 Å². The lowest BCUT2D eigenvalue weighted by atomic mass is 9.49. The summed E-state index contributed by atoms with van der Waals surface area (Å²) < 4.78 is 13.8. The Kier molecular flexibility index (Phi) is 7.82. The number of amides is 4. The number of aromatic hydroxyl groups is 1. The maximum Gasteiger partial charge on any atom is 0.303 e. The Morgan fingerprint density at radius 1 is 0.917 bits per heavy atom. The summed E-state index contributed by atoms with van der Waals surface area (Å²) in [6.07, 6.45) is 2.15. The number of aliphatic carboxylic acids is 1. The maximum atomic E-state index is 15.0. The van der Waals surface area contributed by atoms with E-state index in [0.717, 1.165) is 15.5 Å². The number of carbonyl (C=O) groups excluding carboxylic acids is 4. The third-order valence-electron chi connectivity index (χ3n) is 10.3. The van der Waals surface area contributed by atoms with Crippen molar-refractivity contribution in [2.45, 2.75) is 37.0 Å². The van der Waals surface area contributed by atoms with Crippen molar-refractivity contribution >= 4 is 46.9 Å². The molecule has 4 aliphatic rings. The molecule has 3 fully saturated rings. The largest absolute Gasteiger partial charge is 0.508 e. The maximum absolute atomic E-state index is 15.0. The lowest BCUT2D eigenvalue weighted by Gasteiger charge is -2.50. The normalized spacial score (nSPS) is 27.8. The van der Waals surface area contributed by atoms with Crippen LogP contribution in [0.15, 0.2) is 84.4 Å². The Morgan fingerprint density at radius 2 is 1.60 bits per heavy atom. The van der Waals surface area contributed by atoms with Crippen molar-refractivity contribution in [3.8, 4) is 5.75 Å². The average Bonchev–Trinajstić information content (AvgIpc) is 3.43. The fourth-order valence-corrected chi connectivity index (χ4v) is 8.50. The Labute approximate surface area is 279 Å². The number of rotatable bonds is 8. The molecule has 0 unspecified atom stereocenters. The number of allylic oxidation sites excluding steroid dienone is 2. The van der Waals surface area contributed by atoms with E-state index in [4.69, 9.17) is 16.7 Å². The number of carboxylic acid groups (broad SMARTS) is 1. The van der Waals surface area contributed by atoms with Crippen molar-refractivity contribution in [2.24, 2.45) is 23.7 Å². The van der Waals surface area contributed by atoms with E-state index in [-0.39, 0.29) is 43.9 Å². The summed E-state index contributed by atoms with van der Waals surface area (Å²) in [5, 5.41) is 20.7. The molecule has 0 bridgehead atoms. The van der Waals surface area contributed by atoms with Crippen molar-refractivity contribution in [2.75, 3.05) is 12.0 Å². The number of halogens is 2. The molecule has 48 heavy (non-hydrogen) atoms. The van der Waals surface area contributed by atoms with Crippen LogP contribution in [0.2, 0.25) is 5.02 Å². The van der Waals surface area contributed by atoms with E-state index in [0.29, 0.717) is 21.8 Å². The Hall–Kier alpha value is -5.03. The van der Waals surface area contributed by atoms with Gasteiger partial charge in [-0.2, -0.15) is 5.01 Å². The standard InChI is InChI=1S/C36H31ClFN3O7/c37-21-7-5-20(6-8-21)36-28(33(46)41(35(36)48)39-23-11-9-22(38)10-12-23)18-27-25(31(36)19-3-13-24(42)14-4-19)15-16-26-30(27)34(47)40(32(26)45)17-1-2-29(43)44/h3-15,26-28,30-31,39,42H,1-2,16-18H2,(H,43,44)/t26-,27+,28-,30-,31-,36+/m0/s1. The zero-order valence-electron chi connectivity index (χ0n) is 25.5. The van der Waals surface area contributed by atoms with Gasteiger partial charge in [-0.05, 0) is 84.8 Å². The van der Waals surface area contributed by atoms with Gasteiger partial charge in [-0.1, -0.05) is 47.5 Å². The molecule has 0 radical (unpaired) electrons. The highest BCUT2D eigenvalue weighted by molar-refractivity contribution is 6.30. The molecule has 3 aromatic rings. The topological polar surface area (TPSA) is 144 Å². The van der Waals surface area contributed by atoms with Crippen LogP contribution in [0.3, 0.4) is 0 Å². The zero-order valence-corrected chi connectivity index (χ0v) is 26.3. The van der Waals surface area contributed by atoms with Crippen LogP contribution in [-0.2, 0) is 29.4 Å². The second kappa shape index (κ2) is 11.9. The summed E-state index contributed by atoms with van der Waals surface area (Å²) >= 11 is 6.29. The van der Waals surface area contributed by atoms with Gasteiger partial charge in [0.25, 0.3) is 11.8 Å². The first-order chi connectivity index (χ1) is 23.0. The molecular formula is C36H31ClFN3O7. The monoisotopic (exact) mass is 671 g/mol. The molecular weight excluding hydrogens is 641 g/mol. The van der Waals surface area contributed by atoms with Gasteiger partial charge >= 0.3 is 5.97 Å². The van der Waals surface area contributed by atoms with Crippen LogP contribution >= 0.6 is 11.6 Å². The number of phenols is 1. The predicted molar refractivity (Wildman–Crippen MR) is 171 cm³/mol. The highest BCUT2D eigenvalue weighted by Gasteiger charge is 2.70. The molecule has 246 valence electrons. The second-order valence-corrected chi connectivity index (χ2v) is 13.2. The summed E-state index contributed by atoms with van der Waals surface area (Å²) in [7, 11) is 0. The molecule has 2 saturated heterocycles. The number of carbonyl (C=O) groups is 5. The van der Waals surface area contributed by atoms with Crippen LogP contribution in [-0.4, -0.2) is 56.3 Å². The van der Waals surface area contributed by atoms with Crippen LogP contribution in [0.5, 0.6) is 5.75 Å². The molecule has 2 aliphatic carbocycles. The number of benzene rings is 3. The van der Waals surface area contributed by atoms with E-state index in [1.54, 1.807) is 36.4 Å². The van der Waals surface area contributed by atoms with E-state index >= 15 is 4.79 Å². The fraction of sp³-hybridized carbons (Fsp3) is 0.306. The smallest absolute Gasteiger partial charge is 0.303 e. The molecule has 0 aromatic heterocycles. The van der Waals surface area contributed by atoms with Crippen molar-refractivity contribution in [1.29, 1.82) is 0 Å². The summed E-state index contributed by atoms with van der Waals surface area (Å²) in [6, 6.07) is 18.4. The number of fused-ring (bicyclic) bond motifs is 4. The first-order valence-electron chi connectivity index (χ1n) is 15.7. The molecule has 0 spiro atoms. The first kappa shape index (κ1) is 31.6. The molecule has 3 aromatic carbocycles. The number of hydrogen-bond donors (Lipinski definition) is 3. The number of imide groups is 2. The van der Waals surface area contributed by atoms with Crippen molar-refractivity contribution < 1.29 is 38.6 Å². The van der Waals surface area contributed by atoms with E-state index in [2.05, 4.69) is 5.43 Å². The zero-order chi connectivity index (χ0) is 33.9. The summed E-state index contributed by atoms with van der Waals surface area (Å²) in [5.41, 5.74) is 3.59. The number of nitrogens with one attached hydrogen (secondary N) is 1. The third-order valence-corrected chi connectivity index (χ3v) is 10.6. The summed E-state index contributed by atoms with van der Waals surface area (Å²) in [5.74, 6) is -7.23. The van der Waals surface area contributed by atoms with E-state index < -0.39 is 64.5 Å². The van der Waals surface area contributed by atoms with Crippen LogP contribution < -0.4 is 5.43 Å². The summed E-state index contributed by atoms with van der Waals surface area (Å²) in [6.45, 7) is -0.0225. The lowest BCUT2D eigenvalue weighted by Crippen LogP contribution is -2.53. The number of hydrazine groups is 1. The number of nitrogens with zero attached hydrogens (tertiary/aromatic N) is 2. The van der Waals surface area contributed by atoms with Gasteiger partial charge < -0.3 is 10.2 Å². The highest BCUT2D eigenvalue weighted by atomic mass is 35.5. The minimum atomic E-state index is -1.52. The number of carboxylic acids is 1. The first-order valence-corrected chi connectivity index (χ1v) is 16.1. The van der Waals surface area contributed by atoms with Gasteiger partial charge in [-0.3, -0.25) is 34.3 Å². The number of likely N-dealkylation sites (tertiary alicyclic amines) is 1. The van der Waals surface area contributed by atoms with Gasteiger partial charge in [0.1, 0.15) is 11.6 Å². The average molecular weight is 672 g/mol. The van der Waals surface area contributed by atoms with Gasteiger partial charge in [0, 0.05) is 23.9 Å². The molecule has 3 N–H and O–H groups in total. The van der Waals surface area contributed by atoms with Crippen LogP contribution in [0, 0.1) is 29.5 Å². The number of phenolic OH excluding ortho intramolecular Hbond substituents is 1. The van der Waals surface area contributed by atoms with Crippen molar-refractivity contribution in [1.82, 2.24) is 9.91 Å². The molecule has 2 heterocycles. The van der Waals surface area contributed by atoms with E-state index in [9.17, 15) is 28.7 Å². The molecule has 10 nitrogen and oxygen atoms in total. The minimum Gasteiger partial charge on any atom is -0.508 e. The van der Waals surface area contributed by atoms with Crippen LogP contribution in [0.25, 0.3) is 0 Å². The lowest BCUT2D eigenvalue weighted by molar-refractivity contribution is -0.142. The van der Waals surface area contributed by atoms with Gasteiger partial charge in [0.2, 0.25) is 11.8 Å². The van der Waals surface area contributed by atoms with Gasteiger partial charge in [0.15, 0.2) is 0 Å². The molecule has 1 saturated carbocycles. The quantitative estimate of drug-likeness (QED) is 0.223. The molecule has 7 rings (SSSR count). The SMILES string of the molecule is O=C(O)CCCN1C(=O)[C@H]2[C@H](CC=C3[C@H]2C[C@H]2C(=O)N(Nc4ccc(F)cc4)C(=O)[C@@]2(c2ccc(Cl)cc2)[C@H]3c2ccc(O)cc2)C1=O. The second-order valence-electron chi connectivity index (χ2n) is 12.8. The number of anilines is 1. The van der Waals surface area contributed by atoms with Crippen molar-refractivity contribution in [3.05, 3.63) is 106 Å². The minimum absolute atomic E-state index is 0.00267. The Balaban J connectivity index is 1.38. The summed E-state index contributed by atoms with van der Waals surface area (Å²) in [4.78, 5) is 69.4. The van der Waals surface area contributed by atoms with Crippen molar-refractivity contribution in [3.63, 3.8) is 0 Å². The third kappa shape index (κ3) is 4.87. The van der Waals surface area contributed by atoms with E-state index in [1.807, 2.05) is 6.08 Å². The highest BCUT2D eigenvalue weighted by Crippen LogP contribution is 2.64. The molecule has 6 atom stereocenters. The van der Waals surface area contributed by atoms with Gasteiger partial charge in [0.05, 0.1) is 28.9 Å². The molecule has 4 amide bonds. The predicted octanol–water partition coefficient (Wildman–Crippen LogP) is 5.03. The van der Waals surface area contributed by atoms with E-state index in [1.165, 1.54) is 36.4 Å². The molecule has 12 heteroatoms.